The van der Waals surface area contributed by atoms with E-state index in [-0.39, 0.29) is 145 Å². The number of esters is 3. The van der Waals surface area contributed by atoms with Gasteiger partial charge in [-0.1, -0.05) is 63.8 Å². The molecule has 11 rings (SSSR count). The van der Waals surface area contributed by atoms with Gasteiger partial charge in [0.25, 0.3) is 28.7 Å². The molecule has 1 spiro atoms. The number of hydrogen-bond donors (Lipinski definition) is 1. The van der Waals surface area contributed by atoms with Crippen LogP contribution in [0.1, 0.15) is 168 Å². The number of carbonyl (C=O) groups excluding carboxylic acids is 4. The number of nitrogens with two attached hydrogens (primary N) is 1. The van der Waals surface area contributed by atoms with E-state index in [1.54, 1.807) is 50.2 Å². The Morgan fingerprint density at radius 3 is 1.32 bits per heavy atom. The molecule has 8 aromatic rings. The molecule has 740 valence electrons. The summed E-state index contributed by atoms with van der Waals surface area (Å²) >= 11 is 8.42. The number of non-ortho nitro benzene ring substituents is 4. The second-order valence-corrected chi connectivity index (χ2v) is 37.9. The summed E-state index contributed by atoms with van der Waals surface area (Å²) in [6, 6.07) is 38.6. The Hall–Kier alpha value is -12.2. The molecule has 1 amide bonds. The van der Waals surface area contributed by atoms with Crippen LogP contribution in [0.5, 0.6) is 0 Å². The SMILES string of the molecule is COC(=O)C(C(=O)OC)c1ccc([N+](=O)[O-])cc1F.COC(=O)CCC(C)(C)c1ccc([N+](=O)[O-])cc1F.C[O-].C[Si](C)(C)C#N.N#CCCCc1ccc(N)cc1F.N#CCCCc1ccc([N+](=O)[O-])cc1F.O=[N+]([O-])c1ccc(Br)c(F)c1.[C-]#[N+]C1(Cc2ccc(CCCC#N)c(F)c2)CCC1.[C-]#[N+]c1ccc(N2C(=O)C3(CCC3)N(c3ccc(CCCC#N)c(F)c3)C2=S)cc1C(F)(F)F.[Fe].[H-].[Na+].[Na+]. The Labute approximate surface area is 879 Å². The van der Waals surface area contributed by atoms with E-state index in [0.717, 1.165) is 99.9 Å². The third-order valence-corrected chi connectivity index (χ3v) is 22.6. The van der Waals surface area contributed by atoms with Crippen LogP contribution in [-0.2, 0) is 94.2 Å². The largest absolute Gasteiger partial charge is 1.00 e. The fourth-order valence-electron chi connectivity index (χ4n) is 13.2. The molecule has 8 aromatic carbocycles. The maximum absolute atomic E-state index is 14.8. The Morgan fingerprint density at radius 1 is 0.560 bits per heavy atom. The fraction of sp³-hybridized carbons (Fsp3) is 0.368. The molecule has 3 fully saturated rings. The fourth-order valence-corrected chi connectivity index (χ4v) is 13.9. The zero-order valence-electron chi connectivity index (χ0n) is 79.6. The second kappa shape index (κ2) is 62.9. The van der Waals surface area contributed by atoms with Crippen LogP contribution in [0.4, 0.5) is 89.4 Å². The number of hydrogen-bond acceptors (Lipinski definition) is 23. The molecule has 0 radical (unpaired) electrons. The van der Waals surface area contributed by atoms with Crippen LogP contribution >= 0.6 is 28.1 Å². The van der Waals surface area contributed by atoms with Crippen LogP contribution < -0.4 is 79.8 Å². The molecule has 0 atom stereocenters. The van der Waals surface area contributed by atoms with Crippen molar-refractivity contribution in [3.8, 4) is 30.0 Å². The summed E-state index contributed by atoms with van der Waals surface area (Å²) in [5.41, 5.74) is 6.44. The van der Waals surface area contributed by atoms with Gasteiger partial charge in [0.1, 0.15) is 46.3 Å². The van der Waals surface area contributed by atoms with Gasteiger partial charge in [0.05, 0.1) is 113 Å². The number of nitriles is 5. The number of nitrogens with zero attached hydrogens (tertiary/aromatic N) is 13. The molecular weight excluding hydrogens is 2020 g/mol. The number of nitrogen functional groups attached to an aromatic ring is 1. The predicted octanol–water partition coefficient (Wildman–Crippen LogP) is 16.3. The van der Waals surface area contributed by atoms with Gasteiger partial charge in [-0.05, 0) is 217 Å². The average Bonchev–Trinajstić information content (AvgIpc) is 1.55. The number of rotatable bonds is 27. The van der Waals surface area contributed by atoms with Gasteiger partial charge >= 0.3 is 83.2 Å². The molecule has 1 heterocycles. The van der Waals surface area contributed by atoms with Crippen molar-refractivity contribution in [2.45, 2.75) is 197 Å². The van der Waals surface area contributed by atoms with E-state index in [4.69, 9.17) is 62.5 Å². The number of halogens is 11. The first-order chi connectivity index (χ1) is 65.1. The maximum atomic E-state index is 14.8. The van der Waals surface area contributed by atoms with Crippen molar-refractivity contribution in [2.75, 3.05) is 44.0 Å². The number of nitro benzene ring substituents is 4. The van der Waals surface area contributed by atoms with Gasteiger partial charge in [0.15, 0.2) is 24.8 Å². The van der Waals surface area contributed by atoms with E-state index in [9.17, 15) is 104 Å². The van der Waals surface area contributed by atoms with Crippen LogP contribution in [0.2, 0.25) is 19.6 Å². The molecule has 30 nitrogen and oxygen atoms in total. The third kappa shape index (κ3) is 40.0. The van der Waals surface area contributed by atoms with E-state index >= 15 is 0 Å². The van der Waals surface area contributed by atoms with E-state index in [2.05, 4.69) is 51.6 Å². The zero-order valence-corrected chi connectivity index (χ0v) is 87.1. The summed E-state index contributed by atoms with van der Waals surface area (Å²) in [6.45, 7) is 23.9. The van der Waals surface area contributed by atoms with E-state index in [1.807, 2.05) is 43.9 Å². The topological polar surface area (TPSA) is 452 Å². The van der Waals surface area contributed by atoms with Gasteiger partial charge < -0.3 is 36.2 Å². The van der Waals surface area contributed by atoms with Crippen LogP contribution in [0.25, 0.3) is 9.69 Å². The Kier molecular flexibility index (Phi) is 57.5. The first-order valence-corrected chi connectivity index (χ1v) is 46.5. The van der Waals surface area contributed by atoms with Gasteiger partial charge in [-0.25, -0.2) is 47.4 Å². The Balaban J connectivity index is 0. The van der Waals surface area contributed by atoms with E-state index in [1.165, 1.54) is 66.6 Å². The summed E-state index contributed by atoms with van der Waals surface area (Å²) < 4.78 is 149. The van der Waals surface area contributed by atoms with Crippen molar-refractivity contribution in [3.63, 3.8) is 0 Å². The molecule has 0 aromatic heterocycles. The Morgan fingerprint density at radius 2 is 0.957 bits per heavy atom. The molecule has 0 unspecified atom stereocenters. The molecular formula is C95H97BrF10FeN14Na2O16SSi. The van der Waals surface area contributed by atoms with Gasteiger partial charge in [-0.15, -0.1) is 0 Å². The minimum Gasteiger partial charge on any atom is -1.00 e. The summed E-state index contributed by atoms with van der Waals surface area (Å²) in [5.74, 6) is -8.36. The first kappa shape index (κ1) is 129. The second-order valence-electron chi connectivity index (χ2n) is 32.0. The maximum Gasteiger partial charge on any atom is 1.00 e. The van der Waals surface area contributed by atoms with Crippen LogP contribution in [-0.4, -0.2) is 96.2 Å². The van der Waals surface area contributed by atoms with Gasteiger partial charge in [0, 0.05) is 115 Å². The quantitative estimate of drug-likeness (QED) is 0.00427. The molecule has 2 saturated carbocycles. The molecule has 46 heteroatoms. The standard InChI is InChI=1S/C24H18F4N4OS.C16H17FN2.C13H16FNO4.C11H10FNO6.C10H9FN2O2.C10H11FN2.C6H3BrFNO2.C4H9NSi.CH3O.Fe.2Na.H/c1-30-20-9-8-16(13-18(20)24(26,27)28)31-21(33)23(10-4-11-23)32(22(31)34)17-7-6-15(19(25)14-17)5-2-3-12-29;1-19-16(8-4-9-16)12-13-6-7-14(15(17)11-13)5-2-3-10-18;1-13(2,7-6-12(16)19-3)10-5-4-9(15(17)18)8-11(10)14;1-18-10(14)9(11(15)19-2)7-4-3-6(13(16)17)5-8(7)12;11-10-7-9(13(14)15)5-4-8(10)3-1-2-6-12;11-10-7-9(13)5-4-8(10)3-1-2-6-12;7-5-2-1-4(9(10)11)3-6(5)8;1-6(2,3)4-5;1-2;;;;/h6-9,13-14H,2-5,10-11H2;6-7,11H,2-5,8-9,12H2;4-5,8H,6-7H2,1-3H3;3-5,9H,1-2H3;4-5,7H,1-3H2;4-5,7H,1-3,13H2;1-3H;1-3H3;1H3;;;;/q;;;;;;;;-1;;2*+1;-1. The van der Waals surface area contributed by atoms with Crippen molar-refractivity contribution >= 4 is 111 Å². The van der Waals surface area contributed by atoms with Crippen molar-refractivity contribution in [1.29, 1.82) is 26.3 Å². The van der Waals surface area contributed by atoms with Crippen LogP contribution in [0, 0.1) is 151 Å². The first-order valence-electron chi connectivity index (χ1n) is 41.8. The molecule has 141 heavy (non-hydrogen) atoms. The molecule has 3 aliphatic rings. The number of thiocarbonyl (C=S) groups is 1. The third-order valence-electron chi connectivity index (χ3n) is 20.9. The summed E-state index contributed by atoms with van der Waals surface area (Å²) in [6.07, 6.45) is 7.05. The van der Waals surface area contributed by atoms with Gasteiger partial charge in [-0.2, -0.15) is 41.3 Å². The predicted molar refractivity (Wildman–Crippen MR) is 499 cm³/mol. The van der Waals surface area contributed by atoms with Crippen LogP contribution in [0.15, 0.2) is 150 Å². The number of ether oxygens (including phenoxy) is 3. The number of unbranched alkanes of at least 4 members (excludes halogenated alkanes) is 4. The number of aryl methyl sites for hydroxylation is 4. The molecule has 1 saturated heterocycles. The molecule has 0 bridgehead atoms. The average molecular weight is 2120 g/mol. The minimum atomic E-state index is -4.78. The summed E-state index contributed by atoms with van der Waals surface area (Å²) in [5, 5.41) is 91.6. The van der Waals surface area contributed by atoms with Crippen molar-refractivity contribution in [2.24, 2.45) is 0 Å². The van der Waals surface area contributed by atoms with Crippen molar-refractivity contribution < 1.29 is 180 Å². The van der Waals surface area contributed by atoms with E-state index < -0.39 is 115 Å². The minimum absolute atomic E-state index is 0. The van der Waals surface area contributed by atoms with E-state index in [0.29, 0.717) is 148 Å². The van der Waals surface area contributed by atoms with Crippen LogP contribution in [0.3, 0.4) is 0 Å². The molecule has 1 aliphatic heterocycles. The number of methoxy groups -OCH3 is 3. The molecule has 2 aliphatic carbocycles. The summed E-state index contributed by atoms with van der Waals surface area (Å²) in [7, 11) is 2.78. The van der Waals surface area contributed by atoms with Gasteiger partial charge in [0.2, 0.25) is 5.54 Å². The number of benzene rings is 8. The molecule has 2 N–H and O–H groups in total. The number of carbonyl (C=O) groups is 4. The monoisotopic (exact) mass is 2120 g/mol. The van der Waals surface area contributed by atoms with Gasteiger partial charge in [-0.3, -0.25) is 64.5 Å². The smallest absolute Gasteiger partial charge is 1.00 e. The Bertz CT molecular complexity index is 6000. The zero-order chi connectivity index (χ0) is 104. The van der Waals surface area contributed by atoms with Crippen molar-refractivity contribution in [1.82, 2.24) is 0 Å². The number of anilines is 3. The normalized spacial score (nSPS) is 12.3. The van der Waals surface area contributed by atoms with Crippen molar-refractivity contribution in [3.05, 3.63) is 299 Å². The summed E-state index contributed by atoms with van der Waals surface area (Å²) in [4.78, 5) is 95.5. The number of alkyl halides is 3. The number of nitro groups is 4. The number of amides is 1.